The van der Waals surface area contributed by atoms with Gasteiger partial charge < -0.3 is 4.90 Å². The number of halogens is 1. The van der Waals surface area contributed by atoms with Crippen LogP contribution < -0.4 is 0 Å². The van der Waals surface area contributed by atoms with Gasteiger partial charge in [0.2, 0.25) is 10.0 Å². The average Bonchev–Trinajstić information content (AvgIpc) is 2.65. The summed E-state index contributed by atoms with van der Waals surface area (Å²) in [6.45, 7) is 2.88. The first-order chi connectivity index (χ1) is 9.54. The largest absolute Gasteiger partial charge is 0.305 e. The number of sulfonamides is 1. The maximum absolute atomic E-state index is 12.6. The zero-order valence-electron chi connectivity index (χ0n) is 11.8. The van der Waals surface area contributed by atoms with Crippen LogP contribution in [0.1, 0.15) is 12.0 Å². The fourth-order valence-electron chi connectivity index (χ4n) is 2.35. The molecule has 20 heavy (non-hydrogen) atoms. The Morgan fingerprint density at radius 1 is 1.10 bits per heavy atom. The van der Waals surface area contributed by atoms with Crippen LogP contribution in [0.25, 0.3) is 0 Å². The van der Waals surface area contributed by atoms with Crippen molar-refractivity contribution in [1.82, 2.24) is 9.21 Å². The molecule has 6 heteroatoms. The molecule has 0 radical (unpaired) electrons. The van der Waals surface area contributed by atoms with Crippen molar-refractivity contribution in [2.75, 3.05) is 39.1 Å². The number of benzene rings is 1. The van der Waals surface area contributed by atoms with E-state index in [-0.39, 0.29) is 0 Å². The van der Waals surface area contributed by atoms with Crippen molar-refractivity contribution < 1.29 is 8.42 Å². The van der Waals surface area contributed by atoms with Crippen molar-refractivity contribution in [2.45, 2.75) is 17.7 Å². The third-order valence-corrected chi connectivity index (χ3v) is 5.72. The lowest BCUT2D eigenvalue weighted by atomic mass is 10.2. The minimum Gasteiger partial charge on any atom is -0.305 e. The zero-order chi connectivity index (χ0) is 14.6. The first kappa shape index (κ1) is 15.8. The average molecular weight is 317 g/mol. The van der Waals surface area contributed by atoms with Gasteiger partial charge in [-0.2, -0.15) is 4.31 Å². The van der Waals surface area contributed by atoms with Crippen LogP contribution in [0.3, 0.4) is 0 Å². The molecule has 0 unspecified atom stereocenters. The summed E-state index contributed by atoms with van der Waals surface area (Å²) in [5, 5.41) is 0. The minimum atomic E-state index is -3.37. The van der Waals surface area contributed by atoms with Gasteiger partial charge in [0.15, 0.2) is 0 Å². The third kappa shape index (κ3) is 3.73. The maximum Gasteiger partial charge on any atom is 0.243 e. The Bertz CT molecular complexity index is 531. The summed E-state index contributed by atoms with van der Waals surface area (Å²) in [6, 6.07) is 7.07. The second-order valence-electron chi connectivity index (χ2n) is 5.14. The molecule has 0 aliphatic carbocycles. The molecule has 0 spiro atoms. The second kappa shape index (κ2) is 6.89. The molecule has 0 N–H and O–H groups in total. The van der Waals surface area contributed by atoms with Gasteiger partial charge in [-0.25, -0.2) is 8.42 Å². The maximum atomic E-state index is 12.6. The summed E-state index contributed by atoms with van der Waals surface area (Å²) in [4.78, 5) is 2.54. The van der Waals surface area contributed by atoms with Crippen LogP contribution in [0.5, 0.6) is 0 Å². The van der Waals surface area contributed by atoms with E-state index in [1.54, 1.807) is 16.4 Å². The van der Waals surface area contributed by atoms with E-state index in [1.165, 1.54) is 0 Å². The highest BCUT2D eigenvalue weighted by Crippen LogP contribution is 2.18. The number of hydrogen-bond acceptors (Lipinski definition) is 3. The monoisotopic (exact) mass is 316 g/mol. The summed E-state index contributed by atoms with van der Waals surface area (Å²) >= 11 is 5.69. The Morgan fingerprint density at radius 3 is 2.45 bits per heavy atom. The lowest BCUT2D eigenvalue weighted by Crippen LogP contribution is -2.34. The van der Waals surface area contributed by atoms with Crippen LogP contribution in [-0.2, 0) is 16.4 Å². The number of aryl methyl sites for hydroxylation is 1. The standard InChI is InChI=1S/C14H21ClN2O2S/c1-16-9-2-10-17(12-11-16)20(18,19)14-5-3-13(4-6-14)7-8-15/h3-6H,2,7-12H2,1H3. The SMILES string of the molecule is CN1CCCN(S(=O)(=O)c2ccc(CCCl)cc2)CC1. The molecular weight excluding hydrogens is 296 g/mol. The molecule has 0 bridgehead atoms. The lowest BCUT2D eigenvalue weighted by Gasteiger charge is -2.20. The van der Waals surface area contributed by atoms with Crippen LogP contribution in [0.4, 0.5) is 0 Å². The van der Waals surface area contributed by atoms with Gasteiger partial charge >= 0.3 is 0 Å². The molecule has 1 aromatic rings. The molecule has 0 aromatic heterocycles. The second-order valence-corrected chi connectivity index (χ2v) is 7.46. The van der Waals surface area contributed by atoms with Gasteiger partial charge in [-0.3, -0.25) is 0 Å². The predicted octanol–water partition coefficient (Wildman–Crippen LogP) is 1.79. The normalized spacial score (nSPS) is 18.9. The Labute approximate surface area is 126 Å². The number of alkyl halides is 1. The molecule has 2 rings (SSSR count). The van der Waals surface area contributed by atoms with Crippen LogP contribution in [0.2, 0.25) is 0 Å². The molecule has 0 saturated carbocycles. The predicted molar refractivity (Wildman–Crippen MR) is 81.7 cm³/mol. The highest BCUT2D eigenvalue weighted by atomic mass is 35.5. The van der Waals surface area contributed by atoms with Gasteiger partial charge in [-0.1, -0.05) is 12.1 Å². The molecule has 1 saturated heterocycles. The molecule has 1 aliphatic rings. The van der Waals surface area contributed by atoms with E-state index in [1.807, 2.05) is 19.2 Å². The van der Waals surface area contributed by atoms with E-state index < -0.39 is 10.0 Å². The first-order valence-electron chi connectivity index (χ1n) is 6.87. The third-order valence-electron chi connectivity index (χ3n) is 3.62. The van der Waals surface area contributed by atoms with E-state index >= 15 is 0 Å². The van der Waals surface area contributed by atoms with Crippen LogP contribution >= 0.6 is 11.6 Å². The molecule has 0 atom stereocenters. The van der Waals surface area contributed by atoms with E-state index in [9.17, 15) is 8.42 Å². The quantitative estimate of drug-likeness (QED) is 0.795. The summed E-state index contributed by atoms with van der Waals surface area (Å²) in [6.07, 6.45) is 1.64. The van der Waals surface area contributed by atoms with Gasteiger partial charge in [-0.15, -0.1) is 11.6 Å². The van der Waals surface area contributed by atoms with Crippen molar-refractivity contribution in [1.29, 1.82) is 0 Å². The highest BCUT2D eigenvalue weighted by Gasteiger charge is 2.25. The van der Waals surface area contributed by atoms with Crippen molar-refractivity contribution >= 4 is 21.6 Å². The fourth-order valence-corrected chi connectivity index (χ4v) is 4.04. The molecule has 112 valence electrons. The first-order valence-corrected chi connectivity index (χ1v) is 8.85. The van der Waals surface area contributed by atoms with E-state index in [2.05, 4.69) is 4.90 Å². The Kier molecular flexibility index (Phi) is 5.43. The summed E-state index contributed by atoms with van der Waals surface area (Å²) in [5.41, 5.74) is 1.06. The minimum absolute atomic E-state index is 0.375. The van der Waals surface area contributed by atoms with Crippen LogP contribution in [0, 0.1) is 0 Å². The Balaban J connectivity index is 2.16. The summed E-state index contributed by atoms with van der Waals surface area (Å²) < 4.78 is 26.8. The van der Waals surface area contributed by atoms with Crippen molar-refractivity contribution in [3.63, 3.8) is 0 Å². The van der Waals surface area contributed by atoms with E-state index in [0.717, 1.165) is 31.5 Å². The zero-order valence-corrected chi connectivity index (χ0v) is 13.3. The molecule has 1 fully saturated rings. The molecule has 1 aliphatic heterocycles. The molecule has 1 aromatic carbocycles. The summed E-state index contributed by atoms with van der Waals surface area (Å²) in [7, 11) is -1.34. The topological polar surface area (TPSA) is 40.6 Å². The van der Waals surface area contributed by atoms with Crippen molar-refractivity contribution in [3.05, 3.63) is 29.8 Å². The van der Waals surface area contributed by atoms with Crippen molar-refractivity contribution in [3.8, 4) is 0 Å². The molecule has 4 nitrogen and oxygen atoms in total. The smallest absolute Gasteiger partial charge is 0.243 e. The van der Waals surface area contributed by atoms with Gasteiger partial charge in [-0.05, 0) is 44.1 Å². The summed E-state index contributed by atoms with van der Waals surface area (Å²) in [5.74, 6) is 0.546. The number of hydrogen-bond donors (Lipinski definition) is 0. The van der Waals surface area contributed by atoms with Gasteiger partial charge in [0.25, 0.3) is 0 Å². The van der Waals surface area contributed by atoms with Gasteiger partial charge in [0.1, 0.15) is 0 Å². The molecule has 1 heterocycles. The number of rotatable bonds is 4. The van der Waals surface area contributed by atoms with E-state index in [0.29, 0.717) is 23.9 Å². The molecule has 0 amide bonds. The Hall–Kier alpha value is -0.620. The fraction of sp³-hybridized carbons (Fsp3) is 0.571. The molecular formula is C14H21ClN2O2S. The number of nitrogens with zero attached hydrogens (tertiary/aromatic N) is 2. The number of likely N-dealkylation sites (N-methyl/N-ethyl adjacent to an activating group) is 1. The van der Waals surface area contributed by atoms with E-state index in [4.69, 9.17) is 11.6 Å². The van der Waals surface area contributed by atoms with Crippen LogP contribution in [0.15, 0.2) is 29.2 Å². The van der Waals surface area contributed by atoms with Crippen molar-refractivity contribution in [2.24, 2.45) is 0 Å². The van der Waals surface area contributed by atoms with Gasteiger partial charge in [0, 0.05) is 25.5 Å². The lowest BCUT2D eigenvalue weighted by molar-refractivity contribution is 0.347. The van der Waals surface area contributed by atoms with Crippen LogP contribution in [-0.4, -0.2) is 56.7 Å². The Morgan fingerprint density at radius 2 is 1.80 bits per heavy atom. The van der Waals surface area contributed by atoms with Gasteiger partial charge in [0.05, 0.1) is 4.90 Å². The highest BCUT2D eigenvalue weighted by molar-refractivity contribution is 7.89.